The average Bonchev–Trinajstić information content (AvgIpc) is 2.26. The highest BCUT2D eigenvalue weighted by Crippen LogP contribution is 2.25. The van der Waals surface area contributed by atoms with Gasteiger partial charge < -0.3 is 0 Å². The molecule has 0 aromatic heterocycles. The van der Waals surface area contributed by atoms with Gasteiger partial charge in [-0.15, -0.1) is 11.8 Å². The summed E-state index contributed by atoms with van der Waals surface area (Å²) in [7, 11) is 0. The summed E-state index contributed by atoms with van der Waals surface area (Å²) in [6, 6.07) is 9.82. The van der Waals surface area contributed by atoms with Gasteiger partial charge in [-0.1, -0.05) is 25.1 Å². The zero-order valence-electron chi connectivity index (χ0n) is 8.45. The highest BCUT2D eigenvalue weighted by molar-refractivity contribution is 8.07. The maximum atomic E-state index is 8.66. The summed E-state index contributed by atoms with van der Waals surface area (Å²) in [6.07, 6.45) is 5.31. The molecule has 1 aromatic rings. The van der Waals surface area contributed by atoms with Crippen molar-refractivity contribution in [2.75, 3.05) is 6.26 Å². The molecule has 0 aliphatic carbocycles. The zero-order valence-corrected chi connectivity index (χ0v) is 9.27. The number of hydrogen-bond donors (Lipinski definition) is 0. The Morgan fingerprint density at radius 3 is 2.50 bits per heavy atom. The Hall–Kier alpha value is -1.20. The van der Waals surface area contributed by atoms with E-state index in [0.29, 0.717) is 5.56 Å². The third-order valence-corrected chi connectivity index (χ3v) is 2.75. The van der Waals surface area contributed by atoms with Gasteiger partial charge in [-0.25, -0.2) is 0 Å². The second-order valence-corrected chi connectivity index (χ2v) is 3.72. The maximum Gasteiger partial charge on any atom is 0.0991 e. The molecule has 14 heavy (non-hydrogen) atoms. The van der Waals surface area contributed by atoms with E-state index in [4.69, 9.17) is 5.26 Å². The molecule has 0 atom stereocenters. The molecule has 2 heteroatoms. The quantitative estimate of drug-likeness (QED) is 0.748. The van der Waals surface area contributed by atoms with Gasteiger partial charge >= 0.3 is 0 Å². The van der Waals surface area contributed by atoms with Gasteiger partial charge in [-0.3, -0.25) is 0 Å². The standard InChI is InChI=1S/C12H13NS/c1-3-4-12(14-2)11-7-5-10(9-13)6-8-11/h4-8H,3H2,1-2H3/b12-4-. The third kappa shape index (κ3) is 2.65. The number of nitrogens with zero attached hydrogens (tertiary/aromatic N) is 1. The predicted octanol–water partition coefficient (Wildman–Crippen LogP) is 3.67. The topological polar surface area (TPSA) is 23.8 Å². The Morgan fingerprint density at radius 1 is 1.43 bits per heavy atom. The molecule has 0 radical (unpaired) electrons. The molecule has 0 fully saturated rings. The van der Waals surface area contributed by atoms with Crippen molar-refractivity contribution >= 4 is 16.7 Å². The van der Waals surface area contributed by atoms with Crippen molar-refractivity contribution in [3.05, 3.63) is 41.5 Å². The van der Waals surface area contributed by atoms with E-state index in [9.17, 15) is 0 Å². The van der Waals surface area contributed by atoms with Crippen molar-refractivity contribution in [2.45, 2.75) is 13.3 Å². The number of allylic oxidation sites excluding steroid dienone is 1. The van der Waals surface area contributed by atoms with E-state index >= 15 is 0 Å². The molecule has 1 aromatic carbocycles. The lowest BCUT2D eigenvalue weighted by molar-refractivity contribution is 1.23. The van der Waals surface area contributed by atoms with Gasteiger partial charge in [0.05, 0.1) is 11.6 Å². The van der Waals surface area contributed by atoms with E-state index in [1.165, 1.54) is 10.5 Å². The van der Waals surface area contributed by atoms with Gasteiger partial charge in [-0.2, -0.15) is 5.26 Å². The molecular weight excluding hydrogens is 190 g/mol. The van der Waals surface area contributed by atoms with Crippen LogP contribution in [0, 0.1) is 11.3 Å². The van der Waals surface area contributed by atoms with E-state index < -0.39 is 0 Å². The molecule has 0 bridgehead atoms. The molecule has 72 valence electrons. The lowest BCUT2D eigenvalue weighted by Gasteiger charge is -2.03. The minimum Gasteiger partial charge on any atom is -0.192 e. The number of benzene rings is 1. The van der Waals surface area contributed by atoms with Crippen molar-refractivity contribution < 1.29 is 0 Å². The summed E-state index contributed by atoms with van der Waals surface area (Å²) >= 11 is 1.74. The SMILES string of the molecule is CC/C=C(\SC)c1ccc(C#N)cc1. The summed E-state index contributed by atoms with van der Waals surface area (Å²) < 4.78 is 0. The van der Waals surface area contributed by atoms with Crippen LogP contribution >= 0.6 is 11.8 Å². The first kappa shape index (κ1) is 10.9. The van der Waals surface area contributed by atoms with E-state index in [2.05, 4.69) is 25.3 Å². The van der Waals surface area contributed by atoms with Gasteiger partial charge in [0.1, 0.15) is 0 Å². The number of nitriles is 1. The highest BCUT2D eigenvalue weighted by atomic mass is 32.2. The number of thioether (sulfide) groups is 1. The summed E-state index contributed by atoms with van der Waals surface area (Å²) in [6.45, 7) is 2.12. The normalized spacial score (nSPS) is 11.1. The first-order valence-electron chi connectivity index (χ1n) is 4.56. The highest BCUT2D eigenvalue weighted by Gasteiger charge is 1.98. The fraction of sp³-hybridized carbons (Fsp3) is 0.250. The van der Waals surface area contributed by atoms with Crippen LogP contribution in [-0.4, -0.2) is 6.26 Å². The number of rotatable bonds is 3. The first-order chi connectivity index (χ1) is 6.81. The molecule has 1 rings (SSSR count). The first-order valence-corrected chi connectivity index (χ1v) is 5.79. The fourth-order valence-electron chi connectivity index (χ4n) is 1.21. The molecule has 0 saturated carbocycles. The fourth-order valence-corrected chi connectivity index (χ4v) is 1.92. The largest absolute Gasteiger partial charge is 0.192 e. The molecule has 0 aliphatic heterocycles. The second kappa shape index (κ2) is 5.51. The van der Waals surface area contributed by atoms with Crippen LogP contribution in [0.5, 0.6) is 0 Å². The minimum atomic E-state index is 0.714. The molecule has 0 unspecified atom stereocenters. The lowest BCUT2D eigenvalue weighted by Crippen LogP contribution is -1.80. The zero-order chi connectivity index (χ0) is 10.4. The van der Waals surface area contributed by atoms with Crippen molar-refractivity contribution in [3.63, 3.8) is 0 Å². The smallest absolute Gasteiger partial charge is 0.0991 e. The predicted molar refractivity (Wildman–Crippen MR) is 62.9 cm³/mol. The van der Waals surface area contributed by atoms with Crippen LogP contribution < -0.4 is 0 Å². The average molecular weight is 203 g/mol. The van der Waals surface area contributed by atoms with Crippen LogP contribution in [0.15, 0.2) is 30.3 Å². The van der Waals surface area contributed by atoms with Gasteiger partial charge in [0.2, 0.25) is 0 Å². The Morgan fingerprint density at radius 2 is 2.07 bits per heavy atom. The molecular formula is C12H13NS. The van der Waals surface area contributed by atoms with Gasteiger partial charge in [0.25, 0.3) is 0 Å². The van der Waals surface area contributed by atoms with Crippen LogP contribution in [-0.2, 0) is 0 Å². The van der Waals surface area contributed by atoms with Gasteiger partial charge in [0, 0.05) is 4.91 Å². The summed E-state index contributed by atoms with van der Waals surface area (Å²) in [5.74, 6) is 0. The minimum absolute atomic E-state index is 0.714. The van der Waals surface area contributed by atoms with Crippen molar-refractivity contribution in [2.24, 2.45) is 0 Å². The van der Waals surface area contributed by atoms with Crippen LogP contribution in [0.2, 0.25) is 0 Å². The molecule has 1 nitrogen and oxygen atoms in total. The van der Waals surface area contributed by atoms with Gasteiger partial charge in [-0.05, 0) is 30.4 Å². The van der Waals surface area contributed by atoms with Crippen molar-refractivity contribution in [1.82, 2.24) is 0 Å². The third-order valence-electron chi connectivity index (χ3n) is 1.91. The number of hydrogen-bond acceptors (Lipinski definition) is 2. The molecule has 0 heterocycles. The Kier molecular flexibility index (Phi) is 4.28. The monoisotopic (exact) mass is 203 g/mol. The van der Waals surface area contributed by atoms with Crippen molar-refractivity contribution in [3.8, 4) is 6.07 Å². The van der Waals surface area contributed by atoms with E-state index in [1.807, 2.05) is 24.3 Å². The molecule has 0 amide bonds. The molecule has 0 spiro atoms. The lowest BCUT2D eigenvalue weighted by atomic mass is 10.1. The van der Waals surface area contributed by atoms with Crippen molar-refractivity contribution in [1.29, 1.82) is 5.26 Å². The van der Waals surface area contributed by atoms with Crippen LogP contribution in [0.1, 0.15) is 24.5 Å². The molecule has 0 N–H and O–H groups in total. The van der Waals surface area contributed by atoms with E-state index in [1.54, 1.807) is 11.8 Å². The van der Waals surface area contributed by atoms with Gasteiger partial charge in [0.15, 0.2) is 0 Å². The van der Waals surface area contributed by atoms with Crippen LogP contribution in [0.4, 0.5) is 0 Å². The molecule has 0 saturated heterocycles. The summed E-state index contributed by atoms with van der Waals surface area (Å²) in [4.78, 5) is 1.27. The Bertz CT molecular complexity index is 357. The van der Waals surface area contributed by atoms with E-state index in [-0.39, 0.29) is 0 Å². The summed E-state index contributed by atoms with van der Waals surface area (Å²) in [5, 5.41) is 8.66. The maximum absolute atomic E-state index is 8.66. The van der Waals surface area contributed by atoms with Crippen LogP contribution in [0.25, 0.3) is 4.91 Å². The Balaban J connectivity index is 2.96. The second-order valence-electron chi connectivity index (χ2n) is 2.87. The van der Waals surface area contributed by atoms with E-state index in [0.717, 1.165) is 6.42 Å². The van der Waals surface area contributed by atoms with Crippen LogP contribution in [0.3, 0.4) is 0 Å². The molecule has 0 aliphatic rings. The Labute approximate surface area is 89.4 Å². The summed E-state index contributed by atoms with van der Waals surface area (Å²) in [5.41, 5.74) is 1.91.